The van der Waals surface area contributed by atoms with Crippen LogP contribution in [0.15, 0.2) is 28.9 Å². The summed E-state index contributed by atoms with van der Waals surface area (Å²) in [6.45, 7) is 0. The van der Waals surface area contributed by atoms with Crippen molar-refractivity contribution in [3.63, 3.8) is 0 Å². The average molecular weight is 191 g/mol. The van der Waals surface area contributed by atoms with Gasteiger partial charge in [0.25, 0.3) is 0 Å². The molecule has 0 amide bonds. The summed E-state index contributed by atoms with van der Waals surface area (Å²) in [5.74, 6) is 1.20. The fourth-order valence-corrected chi connectivity index (χ4v) is 1.27. The zero-order valence-corrected chi connectivity index (χ0v) is 7.61. The number of aromatic nitrogens is 1. The molecule has 0 radical (unpaired) electrons. The third kappa shape index (κ3) is 1.31. The number of aromatic amines is 1. The Bertz CT molecular complexity index is 428. The zero-order valence-electron chi connectivity index (χ0n) is 7.61. The number of methoxy groups -OCH3 is 1. The molecule has 0 aliphatic heterocycles. The van der Waals surface area contributed by atoms with E-state index in [-0.39, 0.29) is 0 Å². The second-order valence-corrected chi connectivity index (χ2v) is 2.76. The Labute approximate surface area is 80.5 Å². The van der Waals surface area contributed by atoms with Crippen LogP contribution in [0, 0.1) is 0 Å². The zero-order chi connectivity index (χ0) is 9.97. The van der Waals surface area contributed by atoms with E-state index in [0.29, 0.717) is 23.5 Å². The number of hydrogen-bond acceptors (Lipinski definition) is 3. The number of ether oxygens (including phenoxy) is 1. The lowest BCUT2D eigenvalue weighted by Crippen LogP contribution is -1.85. The van der Waals surface area contributed by atoms with E-state index < -0.39 is 0 Å². The van der Waals surface area contributed by atoms with Gasteiger partial charge in [0.15, 0.2) is 6.29 Å². The molecule has 0 bridgehead atoms. The van der Waals surface area contributed by atoms with Crippen molar-refractivity contribution in [2.45, 2.75) is 0 Å². The van der Waals surface area contributed by atoms with E-state index in [0.717, 1.165) is 5.69 Å². The summed E-state index contributed by atoms with van der Waals surface area (Å²) in [4.78, 5) is 13.5. The van der Waals surface area contributed by atoms with E-state index in [2.05, 4.69) is 4.98 Å². The van der Waals surface area contributed by atoms with E-state index in [1.165, 1.54) is 7.11 Å². The van der Waals surface area contributed by atoms with E-state index >= 15 is 0 Å². The van der Waals surface area contributed by atoms with Crippen LogP contribution in [0.3, 0.4) is 0 Å². The van der Waals surface area contributed by atoms with Crippen molar-refractivity contribution in [1.29, 1.82) is 0 Å². The number of hydrogen-bond donors (Lipinski definition) is 1. The molecule has 2 aromatic heterocycles. The van der Waals surface area contributed by atoms with Crippen LogP contribution >= 0.6 is 0 Å². The first-order valence-corrected chi connectivity index (χ1v) is 4.11. The van der Waals surface area contributed by atoms with Crippen LogP contribution in [0.2, 0.25) is 0 Å². The summed E-state index contributed by atoms with van der Waals surface area (Å²) in [5.41, 5.74) is 1.15. The first-order chi connectivity index (χ1) is 6.85. The largest absolute Gasteiger partial charge is 0.494 e. The Morgan fingerprint density at radius 2 is 2.43 bits per heavy atom. The number of furan rings is 1. The normalized spacial score (nSPS) is 10.1. The second kappa shape index (κ2) is 3.41. The van der Waals surface area contributed by atoms with Gasteiger partial charge in [-0.2, -0.15) is 0 Å². The van der Waals surface area contributed by atoms with Gasteiger partial charge in [-0.3, -0.25) is 4.79 Å². The maximum atomic E-state index is 10.6. The quantitative estimate of drug-likeness (QED) is 0.756. The monoisotopic (exact) mass is 191 g/mol. The molecular weight excluding hydrogens is 182 g/mol. The first-order valence-electron chi connectivity index (χ1n) is 4.11. The van der Waals surface area contributed by atoms with Gasteiger partial charge in [0.2, 0.25) is 0 Å². The maximum absolute atomic E-state index is 10.6. The summed E-state index contributed by atoms with van der Waals surface area (Å²) in [6.07, 6.45) is 2.29. The second-order valence-electron chi connectivity index (χ2n) is 2.76. The highest BCUT2D eigenvalue weighted by atomic mass is 16.5. The Balaban J connectivity index is 2.46. The van der Waals surface area contributed by atoms with Crippen molar-refractivity contribution in [2.75, 3.05) is 7.11 Å². The van der Waals surface area contributed by atoms with Crippen LogP contribution in [-0.4, -0.2) is 18.4 Å². The highest BCUT2D eigenvalue weighted by Crippen LogP contribution is 2.26. The average Bonchev–Trinajstić information content (AvgIpc) is 2.85. The van der Waals surface area contributed by atoms with Gasteiger partial charge in [-0.1, -0.05) is 0 Å². The van der Waals surface area contributed by atoms with E-state index in [4.69, 9.17) is 9.15 Å². The molecular formula is C10H9NO3. The minimum atomic E-state index is 0.416. The van der Waals surface area contributed by atoms with Gasteiger partial charge in [0.05, 0.1) is 19.1 Å². The summed E-state index contributed by atoms with van der Waals surface area (Å²) in [5, 5.41) is 0. The summed E-state index contributed by atoms with van der Waals surface area (Å²) in [6, 6.07) is 5.31. The van der Waals surface area contributed by atoms with Gasteiger partial charge in [-0.25, -0.2) is 0 Å². The highest BCUT2D eigenvalue weighted by Gasteiger charge is 2.10. The maximum Gasteiger partial charge on any atom is 0.170 e. The fraction of sp³-hybridized carbons (Fsp3) is 0.100. The number of carbonyl (C=O) groups excluding carboxylic acids is 1. The van der Waals surface area contributed by atoms with Crippen molar-refractivity contribution in [3.8, 4) is 17.2 Å². The van der Waals surface area contributed by atoms with Gasteiger partial charge in [0.1, 0.15) is 17.2 Å². The molecule has 2 rings (SSSR count). The lowest BCUT2D eigenvalue weighted by Gasteiger charge is -1.92. The predicted molar refractivity (Wildman–Crippen MR) is 50.4 cm³/mol. The molecule has 0 saturated heterocycles. The van der Waals surface area contributed by atoms with E-state index in [1.807, 2.05) is 0 Å². The molecule has 0 atom stereocenters. The lowest BCUT2D eigenvalue weighted by atomic mass is 10.3. The number of H-pyrrole nitrogens is 1. The number of rotatable bonds is 3. The molecule has 4 heteroatoms. The SMILES string of the molecule is COc1cc(-c2ccco2)[nH]c1C=O. The molecule has 0 saturated carbocycles. The smallest absolute Gasteiger partial charge is 0.170 e. The van der Waals surface area contributed by atoms with Crippen LogP contribution in [0.1, 0.15) is 10.5 Å². The Morgan fingerprint density at radius 3 is 2.93 bits per heavy atom. The van der Waals surface area contributed by atoms with Gasteiger partial charge >= 0.3 is 0 Å². The van der Waals surface area contributed by atoms with Crippen molar-refractivity contribution < 1.29 is 13.9 Å². The lowest BCUT2D eigenvalue weighted by molar-refractivity contribution is 0.111. The molecule has 0 aromatic carbocycles. The van der Waals surface area contributed by atoms with Crippen LogP contribution in [0.5, 0.6) is 5.75 Å². The highest BCUT2D eigenvalue weighted by molar-refractivity contribution is 5.79. The van der Waals surface area contributed by atoms with Crippen LogP contribution in [0.4, 0.5) is 0 Å². The summed E-state index contributed by atoms with van der Waals surface area (Å²) >= 11 is 0. The summed E-state index contributed by atoms with van der Waals surface area (Å²) < 4.78 is 10.2. The van der Waals surface area contributed by atoms with Crippen LogP contribution in [-0.2, 0) is 0 Å². The van der Waals surface area contributed by atoms with Gasteiger partial charge in [0, 0.05) is 6.07 Å². The number of aldehydes is 1. The van der Waals surface area contributed by atoms with E-state index in [9.17, 15) is 4.79 Å². The fourth-order valence-electron chi connectivity index (χ4n) is 1.27. The Morgan fingerprint density at radius 1 is 1.57 bits per heavy atom. The van der Waals surface area contributed by atoms with Gasteiger partial charge in [-0.15, -0.1) is 0 Å². The van der Waals surface area contributed by atoms with Gasteiger partial charge < -0.3 is 14.1 Å². The van der Waals surface area contributed by atoms with E-state index in [1.54, 1.807) is 24.5 Å². The molecule has 0 aliphatic rings. The standard InChI is InChI=1S/C10H9NO3/c1-13-10-5-7(11-8(10)6-12)9-3-2-4-14-9/h2-6,11H,1H3. The third-order valence-corrected chi connectivity index (χ3v) is 1.93. The predicted octanol–water partition coefficient (Wildman–Crippen LogP) is 2.10. The molecule has 0 unspecified atom stereocenters. The minimum absolute atomic E-state index is 0.416. The van der Waals surface area contributed by atoms with Crippen molar-refractivity contribution >= 4 is 6.29 Å². The Hall–Kier alpha value is -1.97. The molecule has 72 valence electrons. The molecule has 2 aromatic rings. The molecule has 2 heterocycles. The molecule has 4 nitrogen and oxygen atoms in total. The molecule has 0 fully saturated rings. The summed E-state index contributed by atoms with van der Waals surface area (Å²) in [7, 11) is 1.52. The van der Waals surface area contributed by atoms with Crippen LogP contribution < -0.4 is 4.74 Å². The molecule has 14 heavy (non-hydrogen) atoms. The van der Waals surface area contributed by atoms with Crippen LogP contribution in [0.25, 0.3) is 11.5 Å². The van der Waals surface area contributed by atoms with Gasteiger partial charge in [-0.05, 0) is 12.1 Å². The van der Waals surface area contributed by atoms with Crippen molar-refractivity contribution in [2.24, 2.45) is 0 Å². The number of nitrogens with one attached hydrogen (secondary N) is 1. The van der Waals surface area contributed by atoms with Crippen molar-refractivity contribution in [3.05, 3.63) is 30.2 Å². The molecule has 0 aliphatic carbocycles. The third-order valence-electron chi connectivity index (χ3n) is 1.93. The van der Waals surface area contributed by atoms with Crippen molar-refractivity contribution in [1.82, 2.24) is 4.98 Å². The topological polar surface area (TPSA) is 55.2 Å². The first kappa shape index (κ1) is 8.62. The molecule has 1 N–H and O–H groups in total. The Kier molecular flexibility index (Phi) is 2.10. The number of carbonyl (C=O) groups is 1. The minimum Gasteiger partial charge on any atom is -0.494 e. The molecule has 0 spiro atoms.